The summed E-state index contributed by atoms with van der Waals surface area (Å²) in [7, 11) is 1.56. The van der Waals surface area contributed by atoms with Gasteiger partial charge in [0.1, 0.15) is 0 Å². The predicted octanol–water partition coefficient (Wildman–Crippen LogP) is 2.69. The number of rotatable bonds is 1. The molecule has 0 aliphatic carbocycles. The van der Waals surface area contributed by atoms with E-state index in [0.29, 0.717) is 18.5 Å². The Bertz CT molecular complexity index is 389. The van der Waals surface area contributed by atoms with E-state index in [-0.39, 0.29) is 6.10 Å². The fraction of sp³-hybridized carbons (Fsp3) is 0.455. The van der Waals surface area contributed by atoms with Gasteiger partial charge in [-0.2, -0.15) is 13.2 Å². The summed E-state index contributed by atoms with van der Waals surface area (Å²) < 4.78 is 42.6. The Morgan fingerprint density at radius 2 is 2.12 bits per heavy atom. The average Bonchev–Trinajstić information content (AvgIpc) is 2.26. The van der Waals surface area contributed by atoms with Crippen LogP contribution in [-0.2, 0) is 17.3 Å². The van der Waals surface area contributed by atoms with E-state index in [0.717, 1.165) is 11.8 Å². The number of anilines is 1. The molecule has 0 spiro atoms. The second-order valence-corrected chi connectivity index (χ2v) is 3.81. The highest BCUT2D eigenvalue weighted by Gasteiger charge is 2.31. The number of benzene rings is 1. The maximum atomic E-state index is 12.5. The van der Waals surface area contributed by atoms with Crippen LogP contribution in [0.15, 0.2) is 18.2 Å². The number of alkyl halides is 3. The Morgan fingerprint density at radius 3 is 2.75 bits per heavy atom. The van der Waals surface area contributed by atoms with Gasteiger partial charge in [-0.3, -0.25) is 0 Å². The summed E-state index contributed by atoms with van der Waals surface area (Å²) in [6.45, 7) is 0.634. The monoisotopic (exact) mass is 231 g/mol. The van der Waals surface area contributed by atoms with Crippen molar-refractivity contribution in [3.63, 3.8) is 0 Å². The summed E-state index contributed by atoms with van der Waals surface area (Å²) in [5, 5.41) is 3.05. The van der Waals surface area contributed by atoms with E-state index in [1.165, 1.54) is 12.1 Å². The van der Waals surface area contributed by atoms with Crippen molar-refractivity contribution in [3.05, 3.63) is 29.3 Å². The van der Waals surface area contributed by atoms with Crippen molar-refractivity contribution in [2.45, 2.75) is 18.7 Å². The Balaban J connectivity index is 2.31. The van der Waals surface area contributed by atoms with Crippen LogP contribution in [0.3, 0.4) is 0 Å². The van der Waals surface area contributed by atoms with Crippen molar-refractivity contribution in [2.24, 2.45) is 0 Å². The molecule has 1 aliphatic rings. The molecule has 1 aromatic carbocycles. The summed E-state index contributed by atoms with van der Waals surface area (Å²) in [5.74, 6) is 0. The van der Waals surface area contributed by atoms with Gasteiger partial charge in [0.2, 0.25) is 0 Å². The molecule has 1 unspecified atom stereocenters. The van der Waals surface area contributed by atoms with Gasteiger partial charge in [0.05, 0.1) is 11.7 Å². The van der Waals surface area contributed by atoms with Gasteiger partial charge >= 0.3 is 6.18 Å². The number of hydrogen-bond donors (Lipinski definition) is 1. The van der Waals surface area contributed by atoms with Crippen LogP contribution in [0, 0.1) is 0 Å². The second kappa shape index (κ2) is 3.97. The largest absolute Gasteiger partial charge is 0.416 e. The fourth-order valence-electron chi connectivity index (χ4n) is 1.82. The van der Waals surface area contributed by atoms with Crippen molar-refractivity contribution in [2.75, 3.05) is 19.0 Å². The van der Waals surface area contributed by atoms with Crippen LogP contribution in [0.4, 0.5) is 18.9 Å². The van der Waals surface area contributed by atoms with Crippen molar-refractivity contribution < 1.29 is 17.9 Å². The highest BCUT2D eigenvalue weighted by molar-refractivity contribution is 5.55. The highest BCUT2D eigenvalue weighted by Crippen LogP contribution is 2.33. The Kier molecular flexibility index (Phi) is 2.80. The number of halogens is 3. The Morgan fingerprint density at radius 1 is 1.38 bits per heavy atom. The third-order valence-corrected chi connectivity index (χ3v) is 2.73. The van der Waals surface area contributed by atoms with E-state index < -0.39 is 11.7 Å². The molecule has 5 heteroatoms. The Labute approximate surface area is 91.4 Å². The zero-order chi connectivity index (χ0) is 11.8. The quantitative estimate of drug-likeness (QED) is 0.802. The zero-order valence-electron chi connectivity index (χ0n) is 8.77. The molecule has 1 N–H and O–H groups in total. The number of fused-ring (bicyclic) bond motifs is 1. The van der Waals surface area contributed by atoms with Gasteiger partial charge in [0, 0.05) is 25.8 Å². The minimum absolute atomic E-state index is 0.0593. The first-order valence-corrected chi connectivity index (χ1v) is 4.97. The van der Waals surface area contributed by atoms with Crippen LogP contribution in [0.1, 0.15) is 11.1 Å². The molecule has 0 saturated carbocycles. The van der Waals surface area contributed by atoms with Gasteiger partial charge < -0.3 is 10.1 Å². The molecule has 16 heavy (non-hydrogen) atoms. The first kappa shape index (κ1) is 11.3. The van der Waals surface area contributed by atoms with Gasteiger partial charge in [-0.15, -0.1) is 0 Å². The van der Waals surface area contributed by atoms with E-state index in [4.69, 9.17) is 4.74 Å². The molecule has 1 aromatic rings. The van der Waals surface area contributed by atoms with Gasteiger partial charge in [0.15, 0.2) is 0 Å². The lowest BCUT2D eigenvalue weighted by molar-refractivity contribution is -0.137. The summed E-state index contributed by atoms with van der Waals surface area (Å²) in [6.07, 6.45) is -3.83. The molecule has 1 aliphatic heterocycles. The molecule has 1 atom stereocenters. The zero-order valence-corrected chi connectivity index (χ0v) is 8.77. The molecule has 88 valence electrons. The summed E-state index contributed by atoms with van der Waals surface area (Å²) in [6, 6.07) is 3.76. The van der Waals surface area contributed by atoms with Crippen LogP contribution >= 0.6 is 0 Å². The lowest BCUT2D eigenvalue weighted by Crippen LogP contribution is -2.29. The van der Waals surface area contributed by atoms with Gasteiger partial charge in [-0.05, 0) is 23.8 Å². The summed E-state index contributed by atoms with van der Waals surface area (Å²) >= 11 is 0. The van der Waals surface area contributed by atoms with E-state index >= 15 is 0 Å². The first-order valence-electron chi connectivity index (χ1n) is 4.97. The predicted molar refractivity (Wildman–Crippen MR) is 54.4 cm³/mol. The van der Waals surface area contributed by atoms with Gasteiger partial charge in [-0.1, -0.05) is 0 Å². The van der Waals surface area contributed by atoms with Gasteiger partial charge in [0.25, 0.3) is 0 Å². The average molecular weight is 231 g/mol. The van der Waals surface area contributed by atoms with Crippen LogP contribution < -0.4 is 5.32 Å². The van der Waals surface area contributed by atoms with Crippen molar-refractivity contribution >= 4 is 5.69 Å². The summed E-state index contributed by atoms with van der Waals surface area (Å²) in [4.78, 5) is 0. The van der Waals surface area contributed by atoms with E-state index in [1.807, 2.05) is 0 Å². The molecule has 1 heterocycles. The van der Waals surface area contributed by atoms with Crippen LogP contribution in [0.25, 0.3) is 0 Å². The lowest BCUT2D eigenvalue weighted by atomic mass is 9.99. The van der Waals surface area contributed by atoms with Crippen LogP contribution in [0.2, 0.25) is 0 Å². The van der Waals surface area contributed by atoms with Gasteiger partial charge in [-0.25, -0.2) is 0 Å². The SMILES string of the molecule is COC1CNc2ccc(C(F)(F)F)cc2C1. The van der Waals surface area contributed by atoms with E-state index in [9.17, 15) is 13.2 Å². The standard InChI is InChI=1S/C11H12F3NO/c1-16-9-5-7-4-8(11(12,13)14)2-3-10(7)15-6-9/h2-4,9,15H,5-6H2,1H3. The fourth-order valence-corrected chi connectivity index (χ4v) is 1.82. The molecule has 2 rings (SSSR count). The van der Waals surface area contributed by atoms with Crippen molar-refractivity contribution in [3.8, 4) is 0 Å². The minimum atomic E-state index is -4.28. The smallest absolute Gasteiger partial charge is 0.382 e. The molecule has 2 nitrogen and oxygen atoms in total. The first-order chi connectivity index (χ1) is 7.50. The van der Waals surface area contributed by atoms with E-state index in [1.54, 1.807) is 7.11 Å². The van der Waals surface area contributed by atoms with Crippen LogP contribution in [-0.4, -0.2) is 19.8 Å². The molecule has 0 amide bonds. The lowest BCUT2D eigenvalue weighted by Gasteiger charge is -2.25. The Hall–Kier alpha value is -1.23. The molecule has 0 radical (unpaired) electrons. The third-order valence-electron chi connectivity index (χ3n) is 2.73. The molecular formula is C11H12F3NO. The number of hydrogen-bond acceptors (Lipinski definition) is 2. The molecule has 0 aromatic heterocycles. The second-order valence-electron chi connectivity index (χ2n) is 3.81. The number of ether oxygens (including phenoxy) is 1. The summed E-state index contributed by atoms with van der Waals surface area (Å²) in [5.41, 5.74) is 0.819. The molecular weight excluding hydrogens is 219 g/mol. The van der Waals surface area contributed by atoms with Crippen molar-refractivity contribution in [1.82, 2.24) is 0 Å². The third kappa shape index (κ3) is 2.14. The minimum Gasteiger partial charge on any atom is -0.382 e. The molecule has 0 bridgehead atoms. The maximum absolute atomic E-state index is 12.5. The number of nitrogens with one attached hydrogen (secondary N) is 1. The topological polar surface area (TPSA) is 21.3 Å². The normalized spacial score (nSPS) is 20.1. The molecule has 0 fully saturated rings. The molecule has 0 saturated heterocycles. The number of methoxy groups -OCH3 is 1. The highest BCUT2D eigenvalue weighted by atomic mass is 19.4. The van der Waals surface area contributed by atoms with Crippen molar-refractivity contribution in [1.29, 1.82) is 0 Å². The maximum Gasteiger partial charge on any atom is 0.416 e. The van der Waals surface area contributed by atoms with E-state index in [2.05, 4.69) is 5.32 Å². The van der Waals surface area contributed by atoms with Crippen LogP contribution in [0.5, 0.6) is 0 Å².